The number of anilines is 1. The second-order valence-electron chi connectivity index (χ2n) is 4.96. The molecule has 0 spiro atoms. The average Bonchev–Trinajstić information content (AvgIpc) is 2.39. The third-order valence-corrected chi connectivity index (χ3v) is 3.18. The lowest BCUT2D eigenvalue weighted by atomic mass is 10.2. The van der Waals surface area contributed by atoms with Crippen molar-refractivity contribution in [1.82, 2.24) is 14.8 Å². The third-order valence-electron chi connectivity index (χ3n) is 2.81. The summed E-state index contributed by atoms with van der Waals surface area (Å²) in [6, 6.07) is 0. The summed E-state index contributed by atoms with van der Waals surface area (Å²) in [4.78, 5) is 12.1. The van der Waals surface area contributed by atoms with Crippen LogP contribution in [0.5, 0.6) is 0 Å². The second kappa shape index (κ2) is 6.36. The molecule has 6 nitrogen and oxygen atoms in total. The van der Waals surface area contributed by atoms with E-state index in [2.05, 4.69) is 10.5 Å². The number of hydrogen-bond donors (Lipinski definition) is 1. The quantitative estimate of drug-likeness (QED) is 0.902. The number of nitrogens with zero attached hydrogens (tertiary/aromatic N) is 3. The van der Waals surface area contributed by atoms with Gasteiger partial charge in [0.15, 0.2) is 0 Å². The van der Waals surface area contributed by atoms with Crippen molar-refractivity contribution in [2.45, 2.75) is 20.4 Å². The van der Waals surface area contributed by atoms with Crippen molar-refractivity contribution in [3.63, 3.8) is 0 Å². The molecule has 1 saturated heterocycles. The molecule has 0 aromatic carbocycles. The maximum Gasteiger partial charge on any atom is 0.287 e. The lowest BCUT2D eigenvalue weighted by Gasteiger charge is -2.28. The number of aromatic nitrogens is 2. The standard InChI is InChI=1S/C12H19ClN4O2/c1-9(2)8-17-12(18)11(13)10(7-14-17)15-16-3-5-19-6-4-16/h7,9,15H,3-6,8H2,1-2H3. The highest BCUT2D eigenvalue weighted by molar-refractivity contribution is 6.32. The molecule has 0 aliphatic carbocycles. The molecule has 1 aliphatic rings. The third kappa shape index (κ3) is 3.68. The summed E-state index contributed by atoms with van der Waals surface area (Å²) in [7, 11) is 0. The van der Waals surface area contributed by atoms with Gasteiger partial charge in [0, 0.05) is 19.6 Å². The van der Waals surface area contributed by atoms with Crippen molar-refractivity contribution in [2.24, 2.45) is 5.92 Å². The number of nitrogens with one attached hydrogen (secondary N) is 1. The first-order chi connectivity index (χ1) is 9.08. The molecule has 0 radical (unpaired) electrons. The summed E-state index contributed by atoms with van der Waals surface area (Å²) in [6.07, 6.45) is 1.60. The highest BCUT2D eigenvalue weighted by Crippen LogP contribution is 2.16. The minimum atomic E-state index is -0.256. The van der Waals surface area contributed by atoms with Crippen molar-refractivity contribution >= 4 is 17.3 Å². The molecule has 106 valence electrons. The van der Waals surface area contributed by atoms with Gasteiger partial charge in [-0.2, -0.15) is 5.10 Å². The fourth-order valence-electron chi connectivity index (χ4n) is 1.86. The van der Waals surface area contributed by atoms with Crippen LogP contribution in [0.15, 0.2) is 11.0 Å². The first-order valence-corrected chi connectivity index (χ1v) is 6.80. The summed E-state index contributed by atoms with van der Waals surface area (Å²) < 4.78 is 6.66. The van der Waals surface area contributed by atoms with Crippen LogP contribution in [-0.4, -0.2) is 41.1 Å². The zero-order valence-electron chi connectivity index (χ0n) is 11.2. The summed E-state index contributed by atoms with van der Waals surface area (Å²) in [6.45, 7) is 7.47. The van der Waals surface area contributed by atoms with Crippen molar-refractivity contribution in [1.29, 1.82) is 0 Å². The van der Waals surface area contributed by atoms with E-state index in [0.29, 0.717) is 31.4 Å². The lowest BCUT2D eigenvalue weighted by Crippen LogP contribution is -2.41. The van der Waals surface area contributed by atoms with Gasteiger partial charge in [0.1, 0.15) is 5.02 Å². The van der Waals surface area contributed by atoms with Gasteiger partial charge in [-0.15, -0.1) is 0 Å². The van der Waals surface area contributed by atoms with Crippen LogP contribution in [0.1, 0.15) is 13.8 Å². The summed E-state index contributed by atoms with van der Waals surface area (Å²) >= 11 is 6.11. The Balaban J connectivity index is 2.13. The fraction of sp³-hybridized carbons (Fsp3) is 0.667. The Bertz CT molecular complexity index is 483. The van der Waals surface area contributed by atoms with Gasteiger partial charge >= 0.3 is 0 Å². The Hall–Kier alpha value is -1.11. The Morgan fingerprint density at radius 2 is 2.16 bits per heavy atom. The van der Waals surface area contributed by atoms with Crippen LogP contribution in [0.3, 0.4) is 0 Å². The molecule has 1 N–H and O–H groups in total. The molecule has 2 rings (SSSR count). The van der Waals surface area contributed by atoms with E-state index in [0.717, 1.165) is 13.1 Å². The lowest BCUT2D eigenvalue weighted by molar-refractivity contribution is 0.0496. The Labute approximate surface area is 117 Å². The van der Waals surface area contributed by atoms with Gasteiger partial charge in [-0.25, -0.2) is 9.69 Å². The predicted octanol–water partition coefficient (Wildman–Crippen LogP) is 1.21. The van der Waals surface area contributed by atoms with Crippen molar-refractivity contribution in [3.8, 4) is 0 Å². The van der Waals surface area contributed by atoms with E-state index in [9.17, 15) is 4.79 Å². The van der Waals surface area contributed by atoms with Gasteiger partial charge in [-0.05, 0) is 5.92 Å². The van der Waals surface area contributed by atoms with E-state index in [4.69, 9.17) is 16.3 Å². The van der Waals surface area contributed by atoms with Gasteiger partial charge in [0.05, 0.1) is 25.1 Å². The molecule has 1 fully saturated rings. The van der Waals surface area contributed by atoms with Crippen LogP contribution in [0.2, 0.25) is 5.02 Å². The van der Waals surface area contributed by atoms with Gasteiger partial charge in [0.25, 0.3) is 5.56 Å². The van der Waals surface area contributed by atoms with E-state index in [1.807, 2.05) is 18.9 Å². The second-order valence-corrected chi connectivity index (χ2v) is 5.34. The van der Waals surface area contributed by atoms with E-state index >= 15 is 0 Å². The largest absolute Gasteiger partial charge is 0.379 e. The smallest absolute Gasteiger partial charge is 0.287 e. The van der Waals surface area contributed by atoms with E-state index in [1.54, 1.807) is 6.20 Å². The summed E-state index contributed by atoms with van der Waals surface area (Å²) in [5, 5.41) is 6.30. The number of hydrazine groups is 1. The van der Waals surface area contributed by atoms with Crippen LogP contribution in [-0.2, 0) is 11.3 Å². The molecule has 0 amide bonds. The van der Waals surface area contributed by atoms with Crippen LogP contribution < -0.4 is 11.0 Å². The van der Waals surface area contributed by atoms with Crippen LogP contribution in [0.4, 0.5) is 5.69 Å². The molecule has 0 saturated carbocycles. The topological polar surface area (TPSA) is 59.4 Å². The normalized spacial score (nSPS) is 16.8. The Morgan fingerprint density at radius 1 is 1.47 bits per heavy atom. The Kier molecular flexibility index (Phi) is 4.79. The maximum atomic E-state index is 12.1. The first-order valence-electron chi connectivity index (χ1n) is 6.43. The molecule has 1 aromatic rings. The zero-order chi connectivity index (χ0) is 13.8. The predicted molar refractivity (Wildman–Crippen MR) is 74.4 cm³/mol. The van der Waals surface area contributed by atoms with Gasteiger partial charge in [0.2, 0.25) is 0 Å². The van der Waals surface area contributed by atoms with E-state index in [-0.39, 0.29) is 10.6 Å². The van der Waals surface area contributed by atoms with E-state index in [1.165, 1.54) is 4.68 Å². The Morgan fingerprint density at radius 3 is 2.79 bits per heavy atom. The molecule has 0 atom stereocenters. The fourth-order valence-corrected chi connectivity index (χ4v) is 2.05. The van der Waals surface area contributed by atoms with Crippen molar-refractivity contribution < 1.29 is 4.74 Å². The first kappa shape index (κ1) is 14.3. The van der Waals surface area contributed by atoms with Crippen LogP contribution in [0.25, 0.3) is 0 Å². The minimum absolute atomic E-state index is 0.183. The average molecular weight is 287 g/mol. The molecule has 19 heavy (non-hydrogen) atoms. The molecule has 1 aromatic heterocycles. The van der Waals surface area contributed by atoms with Crippen molar-refractivity contribution in [3.05, 3.63) is 21.6 Å². The van der Waals surface area contributed by atoms with Gasteiger partial charge in [-0.1, -0.05) is 25.4 Å². The SMILES string of the molecule is CC(C)Cn1ncc(NN2CCOCC2)c(Cl)c1=O. The monoisotopic (exact) mass is 286 g/mol. The van der Waals surface area contributed by atoms with Crippen LogP contribution >= 0.6 is 11.6 Å². The highest BCUT2D eigenvalue weighted by Gasteiger charge is 2.14. The highest BCUT2D eigenvalue weighted by atomic mass is 35.5. The molecule has 0 unspecified atom stereocenters. The molecule has 0 bridgehead atoms. The molecular formula is C12H19ClN4O2. The number of ether oxygens (including phenoxy) is 1. The molecule has 7 heteroatoms. The van der Waals surface area contributed by atoms with Gasteiger partial charge in [-0.3, -0.25) is 4.79 Å². The van der Waals surface area contributed by atoms with E-state index < -0.39 is 0 Å². The van der Waals surface area contributed by atoms with Gasteiger partial charge < -0.3 is 10.2 Å². The summed E-state index contributed by atoms with van der Waals surface area (Å²) in [5.74, 6) is 0.347. The molecular weight excluding hydrogens is 268 g/mol. The van der Waals surface area contributed by atoms with Crippen molar-refractivity contribution in [2.75, 3.05) is 31.7 Å². The number of morpholine rings is 1. The number of rotatable bonds is 4. The summed E-state index contributed by atoms with van der Waals surface area (Å²) in [5.41, 5.74) is 3.41. The molecule has 2 heterocycles. The number of hydrogen-bond acceptors (Lipinski definition) is 5. The maximum absolute atomic E-state index is 12.1. The molecule has 1 aliphatic heterocycles. The minimum Gasteiger partial charge on any atom is -0.379 e. The van der Waals surface area contributed by atoms with Crippen LogP contribution in [0, 0.1) is 5.92 Å². The number of halogens is 1. The zero-order valence-corrected chi connectivity index (χ0v) is 12.0.